The Morgan fingerprint density at radius 2 is 1.83 bits per heavy atom. The van der Waals surface area contributed by atoms with Gasteiger partial charge in [0.25, 0.3) is 0 Å². The first-order valence-electron chi connectivity index (χ1n) is 7.03. The SMILES string of the molecule is Cc1ccc(F)cc1CNC1CC(C)CC(C)C1. The van der Waals surface area contributed by atoms with Crippen molar-refractivity contribution in [2.45, 2.75) is 52.6 Å². The quantitative estimate of drug-likeness (QED) is 0.852. The van der Waals surface area contributed by atoms with Crippen LogP contribution in [0.1, 0.15) is 44.2 Å². The van der Waals surface area contributed by atoms with E-state index < -0.39 is 0 Å². The van der Waals surface area contributed by atoms with Gasteiger partial charge in [-0.25, -0.2) is 4.39 Å². The molecule has 1 aromatic rings. The van der Waals surface area contributed by atoms with Crippen LogP contribution in [0, 0.1) is 24.6 Å². The van der Waals surface area contributed by atoms with Crippen molar-refractivity contribution in [3.8, 4) is 0 Å². The highest BCUT2D eigenvalue weighted by Crippen LogP contribution is 2.28. The van der Waals surface area contributed by atoms with E-state index in [-0.39, 0.29) is 5.82 Å². The van der Waals surface area contributed by atoms with E-state index in [2.05, 4.69) is 19.2 Å². The molecule has 0 saturated heterocycles. The first kappa shape index (κ1) is 13.5. The Balaban J connectivity index is 1.92. The summed E-state index contributed by atoms with van der Waals surface area (Å²) in [6.07, 6.45) is 3.84. The summed E-state index contributed by atoms with van der Waals surface area (Å²) in [5.74, 6) is 1.47. The Morgan fingerprint density at radius 1 is 1.17 bits per heavy atom. The molecular weight excluding hydrogens is 225 g/mol. The van der Waals surface area contributed by atoms with Gasteiger partial charge in [-0.2, -0.15) is 0 Å². The molecule has 1 aliphatic carbocycles. The van der Waals surface area contributed by atoms with Crippen LogP contribution in [0.15, 0.2) is 18.2 Å². The van der Waals surface area contributed by atoms with Crippen molar-refractivity contribution in [1.29, 1.82) is 0 Å². The summed E-state index contributed by atoms with van der Waals surface area (Å²) < 4.78 is 13.2. The van der Waals surface area contributed by atoms with Gasteiger partial charge < -0.3 is 5.32 Å². The number of halogens is 1. The normalized spacial score (nSPS) is 28.3. The van der Waals surface area contributed by atoms with Crippen LogP contribution < -0.4 is 5.32 Å². The molecule has 0 bridgehead atoms. The predicted molar refractivity (Wildman–Crippen MR) is 73.9 cm³/mol. The van der Waals surface area contributed by atoms with Crippen molar-refractivity contribution in [3.63, 3.8) is 0 Å². The number of aryl methyl sites for hydroxylation is 1. The van der Waals surface area contributed by atoms with Crippen LogP contribution in [-0.2, 0) is 6.54 Å². The third-order valence-corrected chi connectivity index (χ3v) is 4.07. The monoisotopic (exact) mass is 249 g/mol. The largest absolute Gasteiger partial charge is 0.310 e. The van der Waals surface area contributed by atoms with Gasteiger partial charge in [-0.05, 0) is 61.3 Å². The topological polar surface area (TPSA) is 12.0 Å². The summed E-state index contributed by atoms with van der Waals surface area (Å²) in [6.45, 7) is 7.49. The minimum atomic E-state index is -0.136. The van der Waals surface area contributed by atoms with Crippen molar-refractivity contribution in [2.75, 3.05) is 0 Å². The molecule has 18 heavy (non-hydrogen) atoms. The molecule has 100 valence electrons. The molecule has 0 aromatic heterocycles. The molecular formula is C16H24FN. The molecule has 0 amide bonds. The van der Waals surface area contributed by atoms with E-state index in [4.69, 9.17) is 0 Å². The fourth-order valence-electron chi connectivity index (χ4n) is 3.20. The summed E-state index contributed by atoms with van der Waals surface area (Å²) in [5.41, 5.74) is 2.25. The zero-order valence-electron chi connectivity index (χ0n) is 11.7. The number of benzene rings is 1. The van der Waals surface area contributed by atoms with Crippen LogP contribution in [0.4, 0.5) is 4.39 Å². The minimum Gasteiger partial charge on any atom is -0.310 e. The van der Waals surface area contributed by atoms with Crippen LogP contribution >= 0.6 is 0 Å². The van der Waals surface area contributed by atoms with Gasteiger partial charge >= 0.3 is 0 Å². The van der Waals surface area contributed by atoms with Gasteiger partial charge in [-0.3, -0.25) is 0 Å². The molecule has 2 heteroatoms. The van der Waals surface area contributed by atoms with E-state index in [1.165, 1.54) is 30.9 Å². The standard InChI is InChI=1S/C16H24FN/c1-11-6-12(2)8-16(7-11)18-10-14-9-15(17)5-4-13(14)3/h4-5,9,11-12,16,18H,6-8,10H2,1-3H3. The van der Waals surface area contributed by atoms with Crippen molar-refractivity contribution >= 4 is 0 Å². The molecule has 1 nitrogen and oxygen atoms in total. The smallest absolute Gasteiger partial charge is 0.123 e. The molecule has 1 aromatic carbocycles. The summed E-state index contributed by atoms with van der Waals surface area (Å²) in [4.78, 5) is 0. The number of rotatable bonds is 3. The Morgan fingerprint density at radius 3 is 2.50 bits per heavy atom. The third kappa shape index (κ3) is 3.55. The van der Waals surface area contributed by atoms with Crippen LogP contribution in [0.25, 0.3) is 0 Å². The molecule has 0 radical (unpaired) electrons. The van der Waals surface area contributed by atoms with Crippen LogP contribution in [0.2, 0.25) is 0 Å². The molecule has 2 rings (SSSR count). The van der Waals surface area contributed by atoms with Crippen LogP contribution in [0.5, 0.6) is 0 Å². The van der Waals surface area contributed by atoms with Gasteiger partial charge in [0.15, 0.2) is 0 Å². The predicted octanol–water partition coefficient (Wildman–Crippen LogP) is 4.05. The summed E-state index contributed by atoms with van der Waals surface area (Å²) in [6, 6.07) is 5.63. The van der Waals surface area contributed by atoms with E-state index in [1.54, 1.807) is 6.07 Å². The molecule has 0 heterocycles. The van der Waals surface area contributed by atoms with Gasteiger partial charge in [0, 0.05) is 12.6 Å². The number of nitrogens with one attached hydrogen (secondary N) is 1. The fraction of sp³-hybridized carbons (Fsp3) is 0.625. The average molecular weight is 249 g/mol. The molecule has 2 unspecified atom stereocenters. The third-order valence-electron chi connectivity index (χ3n) is 4.07. The first-order chi connectivity index (χ1) is 8.54. The first-order valence-corrected chi connectivity index (χ1v) is 7.03. The maximum Gasteiger partial charge on any atom is 0.123 e. The molecule has 0 spiro atoms. The second-order valence-electron chi connectivity index (χ2n) is 6.07. The van der Waals surface area contributed by atoms with Gasteiger partial charge in [0.05, 0.1) is 0 Å². The summed E-state index contributed by atoms with van der Waals surface area (Å²) in [5, 5.41) is 3.60. The zero-order chi connectivity index (χ0) is 13.1. The average Bonchev–Trinajstić information content (AvgIpc) is 2.29. The highest BCUT2D eigenvalue weighted by molar-refractivity contribution is 5.26. The van der Waals surface area contributed by atoms with E-state index in [0.29, 0.717) is 6.04 Å². The summed E-state index contributed by atoms with van der Waals surface area (Å²) in [7, 11) is 0. The lowest BCUT2D eigenvalue weighted by Gasteiger charge is -2.32. The van der Waals surface area contributed by atoms with Crippen molar-refractivity contribution in [2.24, 2.45) is 11.8 Å². The van der Waals surface area contributed by atoms with Crippen LogP contribution in [0.3, 0.4) is 0 Å². The Kier molecular flexibility index (Phi) is 4.39. The molecule has 1 N–H and O–H groups in total. The van der Waals surface area contributed by atoms with E-state index in [1.807, 2.05) is 13.0 Å². The maximum absolute atomic E-state index is 13.2. The van der Waals surface area contributed by atoms with Crippen molar-refractivity contribution in [1.82, 2.24) is 5.32 Å². The molecule has 2 atom stereocenters. The van der Waals surface area contributed by atoms with Crippen molar-refractivity contribution in [3.05, 3.63) is 35.1 Å². The second kappa shape index (κ2) is 5.83. The fourth-order valence-corrected chi connectivity index (χ4v) is 3.20. The highest BCUT2D eigenvalue weighted by Gasteiger charge is 2.23. The second-order valence-corrected chi connectivity index (χ2v) is 6.07. The zero-order valence-corrected chi connectivity index (χ0v) is 11.7. The highest BCUT2D eigenvalue weighted by atomic mass is 19.1. The molecule has 1 aliphatic rings. The number of hydrogen-bond acceptors (Lipinski definition) is 1. The van der Waals surface area contributed by atoms with Crippen molar-refractivity contribution < 1.29 is 4.39 Å². The summed E-state index contributed by atoms with van der Waals surface area (Å²) >= 11 is 0. The maximum atomic E-state index is 13.2. The Hall–Kier alpha value is -0.890. The van der Waals surface area contributed by atoms with E-state index in [0.717, 1.165) is 23.9 Å². The molecule has 1 fully saturated rings. The van der Waals surface area contributed by atoms with Crippen LogP contribution in [-0.4, -0.2) is 6.04 Å². The van der Waals surface area contributed by atoms with Gasteiger partial charge in [-0.1, -0.05) is 19.9 Å². The molecule has 0 aliphatic heterocycles. The lowest BCUT2D eigenvalue weighted by atomic mass is 9.80. The van der Waals surface area contributed by atoms with Gasteiger partial charge in [0.1, 0.15) is 5.82 Å². The minimum absolute atomic E-state index is 0.136. The lowest BCUT2D eigenvalue weighted by molar-refractivity contribution is 0.238. The Labute approximate surface area is 110 Å². The van der Waals surface area contributed by atoms with E-state index in [9.17, 15) is 4.39 Å². The lowest BCUT2D eigenvalue weighted by Crippen LogP contribution is -2.36. The molecule has 1 saturated carbocycles. The Bertz CT molecular complexity index is 392. The number of hydrogen-bond donors (Lipinski definition) is 1. The van der Waals surface area contributed by atoms with Gasteiger partial charge in [-0.15, -0.1) is 0 Å². The van der Waals surface area contributed by atoms with Gasteiger partial charge in [0.2, 0.25) is 0 Å². The van der Waals surface area contributed by atoms with E-state index >= 15 is 0 Å².